The zero-order valence-electron chi connectivity index (χ0n) is 22.7. The fourth-order valence-corrected chi connectivity index (χ4v) is 8.41. The molecule has 10 unspecified atom stereocenters. The Hall–Kier alpha value is -1.10. The van der Waals surface area contributed by atoms with Crippen LogP contribution in [-0.2, 0) is 19.1 Å². The first kappa shape index (κ1) is 26.0. The van der Waals surface area contributed by atoms with E-state index in [2.05, 4.69) is 27.7 Å². The number of carbonyl (C=O) groups excluding carboxylic acids is 2. The molecule has 4 rings (SSSR count). The Morgan fingerprint density at radius 2 is 1.79 bits per heavy atom. The van der Waals surface area contributed by atoms with Gasteiger partial charge >= 0.3 is 11.9 Å². The van der Waals surface area contributed by atoms with E-state index in [1.54, 1.807) is 0 Å². The van der Waals surface area contributed by atoms with Crippen LogP contribution < -0.4 is 0 Å². The van der Waals surface area contributed by atoms with E-state index in [1.165, 1.54) is 6.42 Å². The highest BCUT2D eigenvalue weighted by Gasteiger charge is 2.63. The summed E-state index contributed by atoms with van der Waals surface area (Å²) in [4.78, 5) is 25.5. The van der Waals surface area contributed by atoms with E-state index >= 15 is 0 Å². The second-order valence-corrected chi connectivity index (χ2v) is 14.1. The van der Waals surface area contributed by atoms with Crippen LogP contribution in [0.1, 0.15) is 100 Å². The smallest absolute Gasteiger partial charge is 0.308 e. The fourth-order valence-electron chi connectivity index (χ4n) is 8.41. The Kier molecular flexibility index (Phi) is 6.71. The number of rotatable bonds is 7. The molecule has 5 nitrogen and oxygen atoms in total. The SMILES string of the molecule is CC(CC1C(C)C2CC(C(O)CC(=O)OC(C)(C)C)C1C2)C(=O)OC1CC2CCC1(C)C2(C)C. The first-order valence-corrected chi connectivity index (χ1v) is 13.7. The third-order valence-electron chi connectivity index (χ3n) is 11.0. The van der Waals surface area contributed by atoms with E-state index in [9.17, 15) is 14.7 Å². The van der Waals surface area contributed by atoms with E-state index < -0.39 is 11.7 Å². The average molecular weight is 477 g/mol. The van der Waals surface area contributed by atoms with E-state index in [0.29, 0.717) is 29.6 Å². The molecule has 4 saturated carbocycles. The largest absolute Gasteiger partial charge is 0.462 e. The molecule has 0 heterocycles. The van der Waals surface area contributed by atoms with Crippen molar-refractivity contribution in [2.75, 3.05) is 0 Å². The van der Waals surface area contributed by atoms with Gasteiger partial charge in [0.05, 0.1) is 18.4 Å². The van der Waals surface area contributed by atoms with Gasteiger partial charge in [-0.05, 0) is 100 Å². The van der Waals surface area contributed by atoms with Crippen molar-refractivity contribution in [2.45, 2.75) is 118 Å². The van der Waals surface area contributed by atoms with Crippen molar-refractivity contribution in [3.63, 3.8) is 0 Å². The molecule has 5 heteroatoms. The first-order chi connectivity index (χ1) is 15.6. The second kappa shape index (κ2) is 8.78. The lowest BCUT2D eigenvalue weighted by Crippen LogP contribution is -2.40. The molecule has 10 atom stereocenters. The minimum absolute atomic E-state index is 0.0389. The summed E-state index contributed by atoms with van der Waals surface area (Å²) in [5, 5.41) is 10.9. The predicted molar refractivity (Wildman–Crippen MR) is 132 cm³/mol. The number of fused-ring (bicyclic) bond motifs is 4. The topological polar surface area (TPSA) is 72.8 Å². The van der Waals surface area contributed by atoms with E-state index in [4.69, 9.17) is 9.47 Å². The summed E-state index contributed by atoms with van der Waals surface area (Å²) < 4.78 is 11.6. The maximum Gasteiger partial charge on any atom is 0.308 e. The van der Waals surface area contributed by atoms with Crippen LogP contribution in [0.25, 0.3) is 0 Å². The monoisotopic (exact) mass is 476 g/mol. The Morgan fingerprint density at radius 1 is 1.12 bits per heavy atom. The van der Waals surface area contributed by atoms with E-state index in [0.717, 1.165) is 32.1 Å². The second-order valence-electron chi connectivity index (χ2n) is 14.1. The summed E-state index contributed by atoms with van der Waals surface area (Å²) >= 11 is 0. The predicted octanol–water partition coefficient (Wildman–Crippen LogP) is 5.77. The van der Waals surface area contributed by atoms with Gasteiger partial charge in [0.25, 0.3) is 0 Å². The van der Waals surface area contributed by atoms with Crippen molar-refractivity contribution < 1.29 is 24.2 Å². The minimum Gasteiger partial charge on any atom is -0.462 e. The number of aliphatic hydroxyl groups is 1. The van der Waals surface area contributed by atoms with Crippen molar-refractivity contribution in [1.82, 2.24) is 0 Å². The van der Waals surface area contributed by atoms with Crippen LogP contribution in [0, 0.1) is 52.3 Å². The number of aliphatic hydroxyl groups excluding tert-OH is 1. The van der Waals surface area contributed by atoms with Crippen LogP contribution in [0.3, 0.4) is 0 Å². The molecule has 4 aliphatic carbocycles. The van der Waals surface area contributed by atoms with E-state index in [1.807, 2.05) is 27.7 Å². The first-order valence-electron chi connectivity index (χ1n) is 13.7. The van der Waals surface area contributed by atoms with Crippen LogP contribution in [-0.4, -0.2) is 34.9 Å². The quantitative estimate of drug-likeness (QED) is 0.472. The molecule has 0 amide bonds. The van der Waals surface area contributed by atoms with Gasteiger partial charge in [-0.3, -0.25) is 9.59 Å². The maximum absolute atomic E-state index is 13.2. The highest BCUT2D eigenvalue weighted by Crippen LogP contribution is 2.66. The molecule has 0 aliphatic heterocycles. The molecule has 0 saturated heterocycles. The minimum atomic E-state index is -0.668. The summed E-state index contributed by atoms with van der Waals surface area (Å²) in [7, 11) is 0. The molecule has 0 radical (unpaired) electrons. The van der Waals surface area contributed by atoms with Crippen LogP contribution in [0.4, 0.5) is 0 Å². The Bertz CT molecular complexity index is 797. The summed E-state index contributed by atoms with van der Waals surface area (Å²) in [5.41, 5.74) is -0.217. The lowest BCUT2D eigenvalue weighted by molar-refractivity contribution is -0.162. The summed E-state index contributed by atoms with van der Waals surface area (Å²) in [5.74, 6) is 2.14. The third kappa shape index (κ3) is 4.44. The Morgan fingerprint density at radius 3 is 2.32 bits per heavy atom. The third-order valence-corrected chi connectivity index (χ3v) is 11.0. The Balaban J connectivity index is 1.34. The van der Waals surface area contributed by atoms with Crippen LogP contribution in [0.5, 0.6) is 0 Å². The van der Waals surface area contributed by atoms with Gasteiger partial charge in [0, 0.05) is 5.41 Å². The van der Waals surface area contributed by atoms with E-state index in [-0.39, 0.29) is 47.1 Å². The van der Waals surface area contributed by atoms with Gasteiger partial charge < -0.3 is 14.6 Å². The van der Waals surface area contributed by atoms with Gasteiger partial charge in [0.2, 0.25) is 0 Å². The van der Waals surface area contributed by atoms with Gasteiger partial charge in [-0.25, -0.2) is 0 Å². The van der Waals surface area contributed by atoms with Crippen LogP contribution in [0.15, 0.2) is 0 Å². The molecule has 194 valence electrons. The molecule has 34 heavy (non-hydrogen) atoms. The number of esters is 2. The summed E-state index contributed by atoms with van der Waals surface area (Å²) in [6, 6.07) is 0. The summed E-state index contributed by atoms with van der Waals surface area (Å²) in [6.07, 6.45) is 5.72. The number of carbonyl (C=O) groups is 2. The molecule has 0 aromatic rings. The number of hydrogen-bond acceptors (Lipinski definition) is 5. The van der Waals surface area contributed by atoms with Crippen molar-refractivity contribution in [3.8, 4) is 0 Å². The molecule has 1 N–H and O–H groups in total. The molecule has 4 aliphatic rings. The zero-order valence-corrected chi connectivity index (χ0v) is 22.7. The highest BCUT2D eigenvalue weighted by molar-refractivity contribution is 5.72. The molecule has 0 spiro atoms. The molecule has 4 bridgehead atoms. The maximum atomic E-state index is 13.2. The van der Waals surface area contributed by atoms with Gasteiger partial charge in [-0.2, -0.15) is 0 Å². The normalized spacial score (nSPS) is 42.0. The van der Waals surface area contributed by atoms with Gasteiger partial charge in [-0.15, -0.1) is 0 Å². The lowest BCUT2D eigenvalue weighted by Gasteiger charge is -2.39. The van der Waals surface area contributed by atoms with Crippen molar-refractivity contribution in [1.29, 1.82) is 0 Å². The van der Waals surface area contributed by atoms with Gasteiger partial charge in [0.15, 0.2) is 0 Å². The van der Waals surface area contributed by atoms with Gasteiger partial charge in [0.1, 0.15) is 11.7 Å². The van der Waals surface area contributed by atoms with Crippen molar-refractivity contribution in [3.05, 3.63) is 0 Å². The van der Waals surface area contributed by atoms with Crippen LogP contribution in [0.2, 0.25) is 0 Å². The number of ether oxygens (including phenoxy) is 2. The van der Waals surface area contributed by atoms with Crippen molar-refractivity contribution >= 4 is 11.9 Å². The van der Waals surface area contributed by atoms with Crippen LogP contribution >= 0.6 is 0 Å². The highest BCUT2D eigenvalue weighted by atomic mass is 16.6. The zero-order chi connectivity index (χ0) is 25.2. The lowest BCUT2D eigenvalue weighted by atomic mass is 9.69. The van der Waals surface area contributed by atoms with Gasteiger partial charge in [-0.1, -0.05) is 34.6 Å². The summed E-state index contributed by atoms with van der Waals surface area (Å²) in [6.45, 7) is 16.9. The average Bonchev–Trinajstić information content (AvgIpc) is 3.37. The van der Waals surface area contributed by atoms with Crippen molar-refractivity contribution in [2.24, 2.45) is 52.3 Å². The molecule has 0 aromatic heterocycles. The standard InChI is InChI=1S/C29H48O5/c1-16(26(32)33-24-14-19-9-10-29(24,8)28(19,6)7)11-20-17(2)18-12-21(20)22(13-18)23(30)15-25(31)34-27(3,4)5/h16-24,30H,9-15H2,1-8H3. The number of hydrogen-bond donors (Lipinski definition) is 1. The molecular weight excluding hydrogens is 428 g/mol. The molecular formula is C29H48O5. The Labute approximate surface area is 206 Å². The molecule has 0 aromatic carbocycles. The molecule has 4 fully saturated rings. The fraction of sp³-hybridized carbons (Fsp3) is 0.931.